The number of amides is 1. The van der Waals surface area contributed by atoms with Crippen molar-refractivity contribution in [2.45, 2.75) is 26.0 Å². The van der Waals surface area contributed by atoms with E-state index < -0.39 is 5.60 Å². The Kier molecular flexibility index (Phi) is 4.32. The number of nitrogen functional groups attached to an aromatic ring is 1. The van der Waals surface area contributed by atoms with Gasteiger partial charge in [0, 0.05) is 11.9 Å². The third kappa shape index (κ3) is 3.60. The molecule has 21 heavy (non-hydrogen) atoms. The largest absolute Gasteiger partial charge is 0.459 e. The minimum atomic E-state index is -0.822. The molecular formula is C15H21N3O3. The highest BCUT2D eigenvalue weighted by atomic mass is 16.3. The van der Waals surface area contributed by atoms with E-state index in [9.17, 15) is 9.90 Å². The number of para-hydroxylation sites is 1. The molecule has 6 nitrogen and oxygen atoms in total. The van der Waals surface area contributed by atoms with Crippen LogP contribution < -0.4 is 11.3 Å². The minimum absolute atomic E-state index is 0.383. The van der Waals surface area contributed by atoms with Crippen LogP contribution in [-0.4, -0.2) is 35.1 Å². The van der Waals surface area contributed by atoms with Crippen LogP contribution in [0.3, 0.4) is 0 Å². The van der Waals surface area contributed by atoms with Gasteiger partial charge in [0.1, 0.15) is 11.3 Å². The highest BCUT2D eigenvalue weighted by Gasteiger charge is 2.23. The van der Waals surface area contributed by atoms with Crippen molar-refractivity contribution in [3.8, 4) is 0 Å². The lowest BCUT2D eigenvalue weighted by atomic mass is 10.1. The Balaban J connectivity index is 2.36. The van der Waals surface area contributed by atoms with Crippen LogP contribution >= 0.6 is 0 Å². The summed E-state index contributed by atoms with van der Waals surface area (Å²) in [4.78, 5) is 13.9. The number of nitrogens with two attached hydrogens (primary N) is 1. The first-order valence-electron chi connectivity index (χ1n) is 6.74. The van der Waals surface area contributed by atoms with E-state index in [1.165, 1.54) is 0 Å². The van der Waals surface area contributed by atoms with E-state index in [0.717, 1.165) is 5.39 Å². The zero-order chi connectivity index (χ0) is 15.6. The number of nitrogens with one attached hydrogen (secondary N) is 1. The maximum atomic E-state index is 12.0. The Morgan fingerprint density at radius 1 is 1.43 bits per heavy atom. The zero-order valence-corrected chi connectivity index (χ0v) is 12.5. The molecule has 0 bridgehead atoms. The maximum absolute atomic E-state index is 12.0. The SMILES string of the molecule is CN(Cc1oc2ccccc2c1C(=O)NN)CC(C)(C)O. The molecule has 0 aliphatic heterocycles. The molecule has 1 aromatic heterocycles. The molecule has 0 fully saturated rings. The van der Waals surface area contributed by atoms with E-state index in [0.29, 0.717) is 30.0 Å². The lowest BCUT2D eigenvalue weighted by molar-refractivity contribution is 0.0408. The average molecular weight is 291 g/mol. The summed E-state index contributed by atoms with van der Waals surface area (Å²) < 4.78 is 5.77. The summed E-state index contributed by atoms with van der Waals surface area (Å²) in [5.74, 6) is 5.41. The van der Waals surface area contributed by atoms with Gasteiger partial charge >= 0.3 is 0 Å². The number of carbonyl (C=O) groups is 1. The lowest BCUT2D eigenvalue weighted by Crippen LogP contribution is -2.36. The number of nitrogens with zero attached hydrogens (tertiary/aromatic N) is 1. The molecule has 0 unspecified atom stereocenters. The van der Waals surface area contributed by atoms with Gasteiger partial charge in [-0.25, -0.2) is 5.84 Å². The number of carbonyl (C=O) groups excluding carboxylic acids is 1. The van der Waals surface area contributed by atoms with Gasteiger partial charge < -0.3 is 9.52 Å². The van der Waals surface area contributed by atoms with Gasteiger partial charge in [0.15, 0.2) is 0 Å². The molecule has 1 amide bonds. The summed E-state index contributed by atoms with van der Waals surface area (Å²) in [5, 5.41) is 10.6. The Morgan fingerprint density at radius 2 is 2.10 bits per heavy atom. The van der Waals surface area contributed by atoms with Crippen LogP contribution in [-0.2, 0) is 6.54 Å². The van der Waals surface area contributed by atoms with Crippen LogP contribution in [0.5, 0.6) is 0 Å². The first-order valence-corrected chi connectivity index (χ1v) is 6.74. The van der Waals surface area contributed by atoms with Crippen molar-refractivity contribution in [2.24, 2.45) is 5.84 Å². The molecule has 1 heterocycles. The van der Waals surface area contributed by atoms with E-state index in [2.05, 4.69) is 5.43 Å². The number of furan rings is 1. The molecule has 4 N–H and O–H groups in total. The quantitative estimate of drug-likeness (QED) is 0.438. The van der Waals surface area contributed by atoms with Crippen LogP contribution in [0, 0.1) is 0 Å². The second-order valence-corrected chi connectivity index (χ2v) is 5.85. The standard InChI is InChI=1S/C15H21N3O3/c1-15(2,20)9-18(3)8-12-13(14(19)17-16)10-6-4-5-7-11(10)21-12/h4-7,20H,8-9,16H2,1-3H3,(H,17,19). The average Bonchev–Trinajstić information content (AvgIpc) is 2.73. The zero-order valence-electron chi connectivity index (χ0n) is 12.5. The van der Waals surface area contributed by atoms with Gasteiger partial charge in [-0.3, -0.25) is 15.1 Å². The second-order valence-electron chi connectivity index (χ2n) is 5.85. The highest BCUT2D eigenvalue weighted by Crippen LogP contribution is 2.26. The molecule has 0 radical (unpaired) electrons. The van der Waals surface area contributed by atoms with Crippen molar-refractivity contribution in [3.05, 3.63) is 35.6 Å². The van der Waals surface area contributed by atoms with Gasteiger partial charge in [-0.1, -0.05) is 18.2 Å². The molecule has 0 aliphatic rings. The number of hydrazine groups is 1. The maximum Gasteiger partial charge on any atom is 0.269 e. The van der Waals surface area contributed by atoms with E-state index >= 15 is 0 Å². The van der Waals surface area contributed by atoms with Gasteiger partial charge in [-0.15, -0.1) is 0 Å². The van der Waals surface area contributed by atoms with E-state index in [4.69, 9.17) is 10.3 Å². The van der Waals surface area contributed by atoms with Crippen molar-refractivity contribution in [1.29, 1.82) is 0 Å². The van der Waals surface area contributed by atoms with Crippen LogP contribution in [0.25, 0.3) is 11.0 Å². The molecule has 1 aromatic carbocycles. The first kappa shape index (κ1) is 15.5. The van der Waals surface area contributed by atoms with Gasteiger partial charge in [-0.05, 0) is 27.0 Å². The van der Waals surface area contributed by atoms with Crippen LogP contribution in [0.15, 0.2) is 28.7 Å². The first-order chi connectivity index (χ1) is 9.81. The van der Waals surface area contributed by atoms with Crippen LogP contribution in [0.4, 0.5) is 0 Å². The number of rotatable bonds is 5. The predicted molar refractivity (Wildman–Crippen MR) is 80.5 cm³/mol. The summed E-state index contributed by atoms with van der Waals surface area (Å²) in [6.45, 7) is 4.32. The van der Waals surface area contributed by atoms with Crippen LogP contribution in [0.1, 0.15) is 30.0 Å². The third-order valence-corrected chi connectivity index (χ3v) is 3.10. The van der Waals surface area contributed by atoms with Gasteiger partial charge in [-0.2, -0.15) is 0 Å². The number of likely N-dealkylation sites (N-methyl/N-ethyl adjacent to an activating group) is 1. The molecule has 0 saturated carbocycles. The second kappa shape index (κ2) is 5.85. The monoisotopic (exact) mass is 291 g/mol. The molecule has 0 spiro atoms. The summed E-state index contributed by atoms with van der Waals surface area (Å²) >= 11 is 0. The topological polar surface area (TPSA) is 91.7 Å². The van der Waals surface area contributed by atoms with Crippen molar-refractivity contribution < 1.29 is 14.3 Å². The van der Waals surface area contributed by atoms with E-state index in [-0.39, 0.29) is 5.91 Å². The third-order valence-electron chi connectivity index (χ3n) is 3.10. The Hall–Kier alpha value is -1.89. The van der Waals surface area contributed by atoms with Crippen molar-refractivity contribution in [3.63, 3.8) is 0 Å². The Labute approximate surface area is 123 Å². The number of aliphatic hydroxyl groups is 1. The van der Waals surface area contributed by atoms with Crippen molar-refractivity contribution in [1.82, 2.24) is 10.3 Å². The predicted octanol–water partition coefficient (Wildman–Crippen LogP) is 1.24. The Morgan fingerprint density at radius 3 is 2.71 bits per heavy atom. The highest BCUT2D eigenvalue weighted by molar-refractivity contribution is 6.07. The molecule has 0 atom stereocenters. The smallest absolute Gasteiger partial charge is 0.269 e. The minimum Gasteiger partial charge on any atom is -0.459 e. The molecule has 2 rings (SSSR count). The van der Waals surface area contributed by atoms with Gasteiger partial charge in [0.2, 0.25) is 0 Å². The molecule has 6 heteroatoms. The summed E-state index contributed by atoms with van der Waals surface area (Å²) in [6.07, 6.45) is 0. The lowest BCUT2D eigenvalue weighted by Gasteiger charge is -2.24. The molecular weight excluding hydrogens is 270 g/mol. The Bertz CT molecular complexity index is 643. The molecule has 114 valence electrons. The number of hydrogen-bond acceptors (Lipinski definition) is 5. The number of benzene rings is 1. The van der Waals surface area contributed by atoms with Crippen LogP contribution in [0.2, 0.25) is 0 Å². The van der Waals surface area contributed by atoms with Gasteiger partial charge in [0.05, 0.1) is 17.7 Å². The fourth-order valence-electron chi connectivity index (χ4n) is 2.49. The van der Waals surface area contributed by atoms with E-state index in [1.54, 1.807) is 13.8 Å². The molecule has 0 saturated heterocycles. The fourth-order valence-corrected chi connectivity index (χ4v) is 2.49. The molecule has 2 aromatic rings. The van der Waals surface area contributed by atoms with Crippen molar-refractivity contribution in [2.75, 3.05) is 13.6 Å². The van der Waals surface area contributed by atoms with Crippen molar-refractivity contribution >= 4 is 16.9 Å². The van der Waals surface area contributed by atoms with E-state index in [1.807, 2.05) is 36.2 Å². The number of fused-ring (bicyclic) bond motifs is 1. The molecule has 0 aliphatic carbocycles. The summed E-state index contributed by atoms with van der Waals surface area (Å²) in [5.41, 5.74) is 2.41. The summed E-state index contributed by atoms with van der Waals surface area (Å²) in [6, 6.07) is 7.32. The number of hydrogen-bond donors (Lipinski definition) is 3. The summed E-state index contributed by atoms with van der Waals surface area (Å²) in [7, 11) is 1.86. The fraction of sp³-hybridized carbons (Fsp3) is 0.400. The normalized spacial score (nSPS) is 12.1. The van der Waals surface area contributed by atoms with Gasteiger partial charge in [0.25, 0.3) is 5.91 Å².